The molecule has 1 atom stereocenters. The number of carbonyl (C=O) groups excluding carboxylic acids is 1. The smallest absolute Gasteiger partial charge is 0.268 e. The zero-order valence-electron chi connectivity index (χ0n) is 19.9. The van der Waals surface area contributed by atoms with E-state index >= 15 is 0 Å². The summed E-state index contributed by atoms with van der Waals surface area (Å²) in [4.78, 5) is 18.6. The third kappa shape index (κ3) is 4.93. The normalized spacial score (nSPS) is 16.5. The van der Waals surface area contributed by atoms with Gasteiger partial charge in [0.25, 0.3) is 5.91 Å². The van der Waals surface area contributed by atoms with Crippen molar-refractivity contribution < 1.29 is 19.0 Å². The topological polar surface area (TPSA) is 75.8 Å². The van der Waals surface area contributed by atoms with Crippen molar-refractivity contribution >= 4 is 16.8 Å². The molecule has 7 heteroatoms. The lowest BCUT2D eigenvalue weighted by molar-refractivity contribution is 0.0946. The maximum Gasteiger partial charge on any atom is 0.268 e. The third-order valence-electron chi connectivity index (χ3n) is 6.49. The first kappa shape index (κ1) is 23.0. The molecule has 1 saturated heterocycles. The number of nitrogens with zero attached hydrogens (tertiary/aromatic N) is 1. The molecule has 0 aliphatic carbocycles. The molecule has 7 nitrogen and oxygen atoms in total. The minimum Gasteiger partial charge on any atom is -0.496 e. The first-order valence-corrected chi connectivity index (χ1v) is 11.5. The number of aromatic amines is 1. The van der Waals surface area contributed by atoms with Gasteiger partial charge in [0.15, 0.2) is 11.5 Å². The second-order valence-corrected chi connectivity index (χ2v) is 8.60. The molecule has 2 N–H and O–H groups in total. The number of carbonyl (C=O) groups is 1. The largest absolute Gasteiger partial charge is 0.496 e. The summed E-state index contributed by atoms with van der Waals surface area (Å²) in [6.45, 7) is 4.92. The van der Waals surface area contributed by atoms with Gasteiger partial charge in [0.05, 0.1) is 26.8 Å². The summed E-state index contributed by atoms with van der Waals surface area (Å²) >= 11 is 0. The van der Waals surface area contributed by atoms with Gasteiger partial charge in [-0.2, -0.15) is 0 Å². The Morgan fingerprint density at radius 2 is 1.76 bits per heavy atom. The number of piperidine rings is 1. The monoisotopic (exact) mass is 451 g/mol. The van der Waals surface area contributed by atoms with Gasteiger partial charge in [0.2, 0.25) is 0 Å². The van der Waals surface area contributed by atoms with Crippen LogP contribution in [0.4, 0.5) is 0 Å². The Morgan fingerprint density at radius 3 is 2.42 bits per heavy atom. The van der Waals surface area contributed by atoms with E-state index in [0.29, 0.717) is 41.0 Å². The molecular formula is C26H33N3O4. The van der Waals surface area contributed by atoms with Crippen LogP contribution in [0.3, 0.4) is 0 Å². The number of amides is 1. The number of hydrogen-bond acceptors (Lipinski definition) is 5. The van der Waals surface area contributed by atoms with Crippen molar-refractivity contribution in [3.05, 3.63) is 53.2 Å². The van der Waals surface area contributed by atoms with Gasteiger partial charge in [-0.25, -0.2) is 0 Å². The van der Waals surface area contributed by atoms with Crippen LogP contribution in [0.15, 0.2) is 36.4 Å². The lowest BCUT2D eigenvalue weighted by Gasteiger charge is -2.33. The highest BCUT2D eigenvalue weighted by Crippen LogP contribution is 2.41. The maximum absolute atomic E-state index is 12.8. The van der Waals surface area contributed by atoms with E-state index in [2.05, 4.69) is 46.4 Å². The number of benzene rings is 2. The highest BCUT2D eigenvalue weighted by atomic mass is 16.5. The van der Waals surface area contributed by atoms with Crippen LogP contribution in [-0.4, -0.2) is 49.7 Å². The van der Waals surface area contributed by atoms with E-state index in [1.165, 1.54) is 31.4 Å². The van der Waals surface area contributed by atoms with Crippen LogP contribution in [0.5, 0.6) is 17.2 Å². The average molecular weight is 452 g/mol. The van der Waals surface area contributed by atoms with Crippen molar-refractivity contribution in [2.45, 2.75) is 45.3 Å². The first-order valence-electron chi connectivity index (χ1n) is 11.5. The van der Waals surface area contributed by atoms with E-state index < -0.39 is 0 Å². The van der Waals surface area contributed by atoms with Gasteiger partial charge in [0.1, 0.15) is 11.4 Å². The molecule has 1 aliphatic rings. The second kappa shape index (κ2) is 10.2. The van der Waals surface area contributed by atoms with Crippen molar-refractivity contribution in [3.63, 3.8) is 0 Å². The van der Waals surface area contributed by atoms with Crippen molar-refractivity contribution in [2.24, 2.45) is 0 Å². The lowest BCUT2D eigenvalue weighted by atomic mass is 10.0. The summed E-state index contributed by atoms with van der Waals surface area (Å²) < 4.78 is 16.4. The number of aromatic nitrogens is 1. The molecule has 1 aliphatic heterocycles. The Labute approximate surface area is 195 Å². The van der Waals surface area contributed by atoms with E-state index in [1.54, 1.807) is 33.5 Å². The number of likely N-dealkylation sites (tertiary alicyclic amines) is 1. The Bertz CT molecular complexity index is 1110. The fraction of sp³-hybridized carbons (Fsp3) is 0.423. The second-order valence-electron chi connectivity index (χ2n) is 8.60. The standard InChI is InChI=1S/C26H33N3O4/c1-17-7-5-6-12-29(17)16-19-10-8-18(9-11-19)15-27-26(30)21-13-20-22(31-2)14-23(32-3)25(33-4)24(20)28-21/h8-11,13-14,17,28H,5-7,12,15-16H2,1-4H3,(H,27,30). The van der Waals surface area contributed by atoms with Crippen molar-refractivity contribution in [1.82, 2.24) is 15.2 Å². The maximum atomic E-state index is 12.8. The SMILES string of the molecule is COc1cc(OC)c2cc(C(=O)NCc3ccc(CN4CCCCC4C)cc3)[nH]c2c1OC. The molecule has 0 bridgehead atoms. The molecule has 176 valence electrons. The molecular weight excluding hydrogens is 418 g/mol. The zero-order chi connectivity index (χ0) is 23.4. The fourth-order valence-corrected chi connectivity index (χ4v) is 4.53. The summed E-state index contributed by atoms with van der Waals surface area (Å²) in [5, 5.41) is 3.75. The number of rotatable bonds is 8. The molecule has 1 amide bonds. The Hall–Kier alpha value is -3.19. The summed E-state index contributed by atoms with van der Waals surface area (Å²) in [5.74, 6) is 1.48. The molecule has 0 radical (unpaired) electrons. The zero-order valence-corrected chi connectivity index (χ0v) is 19.9. The van der Waals surface area contributed by atoms with Crippen LogP contribution < -0.4 is 19.5 Å². The predicted molar refractivity (Wildman–Crippen MR) is 129 cm³/mol. The summed E-state index contributed by atoms with van der Waals surface area (Å²) in [6, 6.07) is 12.7. The van der Waals surface area contributed by atoms with E-state index in [1.807, 2.05) is 0 Å². The molecule has 33 heavy (non-hydrogen) atoms. The molecule has 0 saturated carbocycles. The highest BCUT2D eigenvalue weighted by Gasteiger charge is 2.20. The molecule has 2 heterocycles. The van der Waals surface area contributed by atoms with Crippen molar-refractivity contribution in [2.75, 3.05) is 27.9 Å². The molecule has 2 aromatic carbocycles. The number of fused-ring (bicyclic) bond motifs is 1. The van der Waals surface area contributed by atoms with Crippen LogP contribution in [0, 0.1) is 0 Å². The molecule has 4 rings (SSSR count). The highest BCUT2D eigenvalue weighted by molar-refractivity contribution is 6.02. The van der Waals surface area contributed by atoms with Gasteiger partial charge in [-0.15, -0.1) is 0 Å². The minimum absolute atomic E-state index is 0.194. The summed E-state index contributed by atoms with van der Waals surface area (Å²) in [7, 11) is 4.72. The Balaban J connectivity index is 1.43. The first-order chi connectivity index (χ1) is 16.0. The number of ether oxygens (including phenoxy) is 3. The van der Waals surface area contributed by atoms with Gasteiger partial charge in [-0.1, -0.05) is 30.7 Å². The van der Waals surface area contributed by atoms with E-state index in [4.69, 9.17) is 14.2 Å². The summed E-state index contributed by atoms with van der Waals surface area (Å²) in [5.41, 5.74) is 3.47. The van der Waals surface area contributed by atoms with Crippen LogP contribution >= 0.6 is 0 Å². The van der Waals surface area contributed by atoms with Crippen molar-refractivity contribution in [3.8, 4) is 17.2 Å². The fourth-order valence-electron chi connectivity index (χ4n) is 4.53. The Morgan fingerprint density at radius 1 is 1.03 bits per heavy atom. The quantitative estimate of drug-likeness (QED) is 0.528. The third-order valence-corrected chi connectivity index (χ3v) is 6.49. The molecule has 0 spiro atoms. The van der Waals surface area contributed by atoms with Crippen LogP contribution in [0.1, 0.15) is 47.8 Å². The Kier molecular flexibility index (Phi) is 7.08. The van der Waals surface area contributed by atoms with Gasteiger partial charge in [0, 0.05) is 30.6 Å². The number of hydrogen-bond donors (Lipinski definition) is 2. The molecule has 1 fully saturated rings. The molecule has 3 aromatic rings. The molecule has 1 unspecified atom stereocenters. The van der Waals surface area contributed by atoms with Crippen LogP contribution in [0.2, 0.25) is 0 Å². The van der Waals surface area contributed by atoms with Gasteiger partial charge < -0.3 is 24.5 Å². The van der Waals surface area contributed by atoms with Crippen LogP contribution in [-0.2, 0) is 13.1 Å². The number of nitrogens with one attached hydrogen (secondary N) is 2. The van der Waals surface area contributed by atoms with Gasteiger partial charge in [-0.05, 0) is 43.5 Å². The number of methoxy groups -OCH3 is 3. The van der Waals surface area contributed by atoms with Crippen LogP contribution in [0.25, 0.3) is 10.9 Å². The van der Waals surface area contributed by atoms with Gasteiger partial charge in [-0.3, -0.25) is 9.69 Å². The lowest BCUT2D eigenvalue weighted by Crippen LogP contribution is -2.36. The van der Waals surface area contributed by atoms with E-state index in [9.17, 15) is 4.79 Å². The molecule has 1 aromatic heterocycles. The summed E-state index contributed by atoms with van der Waals surface area (Å²) in [6.07, 6.45) is 3.90. The minimum atomic E-state index is -0.194. The average Bonchev–Trinajstić information content (AvgIpc) is 3.29. The van der Waals surface area contributed by atoms with E-state index in [0.717, 1.165) is 17.5 Å². The van der Waals surface area contributed by atoms with E-state index in [-0.39, 0.29) is 5.91 Å². The number of H-pyrrole nitrogens is 1. The van der Waals surface area contributed by atoms with Gasteiger partial charge >= 0.3 is 0 Å². The predicted octanol–water partition coefficient (Wildman–Crippen LogP) is 4.50. The van der Waals surface area contributed by atoms with Crippen molar-refractivity contribution in [1.29, 1.82) is 0 Å².